The Balaban J connectivity index is 2.11. The highest BCUT2D eigenvalue weighted by atomic mass is 79.9. The van der Waals surface area contributed by atoms with Crippen LogP contribution in [0.5, 0.6) is 5.75 Å². The van der Waals surface area contributed by atoms with Crippen molar-refractivity contribution in [2.45, 2.75) is 44.7 Å². The number of aromatic hydroxyl groups is 1. The first-order valence-electron chi connectivity index (χ1n) is 5.76. The predicted molar refractivity (Wildman–Crippen MR) is 69.6 cm³/mol. The molecule has 1 aliphatic carbocycles. The number of rotatable bonds is 3. The fourth-order valence-corrected chi connectivity index (χ4v) is 2.68. The Hall–Kier alpha value is -0.540. The van der Waals surface area contributed by atoms with E-state index in [1.165, 1.54) is 19.3 Å². The van der Waals surface area contributed by atoms with Crippen molar-refractivity contribution in [2.75, 3.05) is 0 Å². The van der Waals surface area contributed by atoms with Gasteiger partial charge < -0.3 is 10.4 Å². The van der Waals surface area contributed by atoms with Gasteiger partial charge in [-0.05, 0) is 45.2 Å². The average Bonchev–Trinajstić information content (AvgIpc) is 2.14. The molecule has 0 radical (unpaired) electrons. The van der Waals surface area contributed by atoms with Gasteiger partial charge in [0.2, 0.25) is 0 Å². The van der Waals surface area contributed by atoms with Crippen molar-refractivity contribution in [3.63, 3.8) is 0 Å². The third-order valence-corrected chi connectivity index (χ3v) is 3.97. The van der Waals surface area contributed by atoms with E-state index < -0.39 is 0 Å². The molecule has 88 valence electrons. The van der Waals surface area contributed by atoms with E-state index in [1.807, 2.05) is 12.1 Å². The monoisotopic (exact) mass is 283 g/mol. The van der Waals surface area contributed by atoms with E-state index >= 15 is 0 Å². The van der Waals surface area contributed by atoms with E-state index in [1.54, 1.807) is 6.07 Å². The lowest BCUT2D eigenvalue weighted by atomic mass is 9.78. The van der Waals surface area contributed by atoms with Crippen LogP contribution in [0.1, 0.15) is 44.7 Å². The normalized spacial score (nSPS) is 20.2. The summed E-state index contributed by atoms with van der Waals surface area (Å²) >= 11 is 3.35. The Labute approximate surface area is 105 Å². The minimum Gasteiger partial charge on any atom is -0.508 e. The molecule has 16 heavy (non-hydrogen) atoms. The van der Waals surface area contributed by atoms with Gasteiger partial charge in [-0.2, -0.15) is 0 Å². The molecule has 0 saturated heterocycles. The summed E-state index contributed by atoms with van der Waals surface area (Å²) in [5.74, 6) is 0.359. The van der Waals surface area contributed by atoms with Crippen LogP contribution in [0.25, 0.3) is 0 Å². The molecule has 0 bridgehead atoms. The molecule has 0 aliphatic heterocycles. The topological polar surface area (TPSA) is 32.3 Å². The summed E-state index contributed by atoms with van der Waals surface area (Å²) in [5, 5.41) is 13.5. The highest BCUT2D eigenvalue weighted by molar-refractivity contribution is 9.10. The van der Waals surface area contributed by atoms with Crippen LogP contribution >= 0.6 is 15.9 Å². The molecule has 3 heteroatoms. The number of phenolic OH excluding ortho intramolecular Hbond substituents is 1. The van der Waals surface area contributed by atoms with E-state index in [4.69, 9.17) is 0 Å². The molecule has 1 aliphatic rings. The molecule has 2 N–H and O–H groups in total. The third kappa shape index (κ3) is 2.41. The van der Waals surface area contributed by atoms with Gasteiger partial charge in [-0.25, -0.2) is 0 Å². The van der Waals surface area contributed by atoms with Gasteiger partial charge in [0, 0.05) is 21.6 Å². The van der Waals surface area contributed by atoms with Gasteiger partial charge >= 0.3 is 0 Å². The highest BCUT2D eigenvalue weighted by Crippen LogP contribution is 2.35. The summed E-state index contributed by atoms with van der Waals surface area (Å²) in [7, 11) is 0. The number of nitrogens with one attached hydrogen (secondary N) is 1. The van der Waals surface area contributed by atoms with E-state index in [-0.39, 0.29) is 11.6 Å². The number of benzene rings is 1. The van der Waals surface area contributed by atoms with Crippen molar-refractivity contribution in [1.29, 1.82) is 0 Å². The lowest BCUT2D eigenvalue weighted by Gasteiger charge is -2.41. The van der Waals surface area contributed by atoms with E-state index in [0.29, 0.717) is 5.75 Å². The Kier molecular flexibility index (Phi) is 3.27. The van der Waals surface area contributed by atoms with Crippen molar-refractivity contribution < 1.29 is 5.11 Å². The Bertz CT molecular complexity index is 388. The molecule has 1 atom stereocenters. The van der Waals surface area contributed by atoms with Crippen LogP contribution in [0.4, 0.5) is 0 Å². The number of hydrogen-bond acceptors (Lipinski definition) is 2. The fraction of sp³-hybridized carbons (Fsp3) is 0.538. The molecule has 1 unspecified atom stereocenters. The summed E-state index contributed by atoms with van der Waals surface area (Å²) in [6.07, 6.45) is 3.77. The average molecular weight is 284 g/mol. The molecular formula is C13H18BrNO. The first-order valence-corrected chi connectivity index (χ1v) is 6.56. The van der Waals surface area contributed by atoms with Crippen LogP contribution in [0, 0.1) is 0 Å². The molecule has 0 heterocycles. The molecule has 1 aromatic rings. The van der Waals surface area contributed by atoms with E-state index in [2.05, 4.69) is 35.1 Å². The highest BCUT2D eigenvalue weighted by Gasteiger charge is 2.33. The van der Waals surface area contributed by atoms with Crippen LogP contribution < -0.4 is 5.32 Å². The molecule has 0 amide bonds. The minimum atomic E-state index is 0.193. The maximum absolute atomic E-state index is 9.88. The van der Waals surface area contributed by atoms with Crippen molar-refractivity contribution in [1.82, 2.24) is 5.32 Å². The lowest BCUT2D eigenvalue weighted by molar-refractivity contribution is 0.189. The Morgan fingerprint density at radius 1 is 1.44 bits per heavy atom. The van der Waals surface area contributed by atoms with E-state index in [0.717, 1.165) is 10.0 Å². The van der Waals surface area contributed by atoms with Gasteiger partial charge in [-0.1, -0.05) is 22.0 Å². The maximum Gasteiger partial charge on any atom is 0.121 e. The smallest absolute Gasteiger partial charge is 0.121 e. The largest absolute Gasteiger partial charge is 0.508 e. The second-order valence-electron chi connectivity index (χ2n) is 4.98. The quantitative estimate of drug-likeness (QED) is 0.886. The molecule has 0 aromatic heterocycles. The van der Waals surface area contributed by atoms with Crippen LogP contribution in [0.2, 0.25) is 0 Å². The van der Waals surface area contributed by atoms with Crippen LogP contribution in [0.15, 0.2) is 22.7 Å². The summed E-state index contributed by atoms with van der Waals surface area (Å²) in [4.78, 5) is 0. The van der Waals surface area contributed by atoms with E-state index in [9.17, 15) is 5.11 Å². The zero-order chi connectivity index (χ0) is 11.8. The predicted octanol–water partition coefficient (Wildman–Crippen LogP) is 3.75. The fourth-order valence-electron chi connectivity index (χ4n) is 2.33. The standard InChI is InChI=1S/C13H18BrNO/c1-9(15-13(2)6-3-7-13)11-5-4-10(14)8-12(11)16/h4-5,8-9,15-16H,3,6-7H2,1-2H3. The number of halogens is 1. The van der Waals surface area contributed by atoms with Crippen molar-refractivity contribution >= 4 is 15.9 Å². The zero-order valence-electron chi connectivity index (χ0n) is 9.76. The van der Waals surface area contributed by atoms with Crippen molar-refractivity contribution in [3.8, 4) is 5.75 Å². The number of hydrogen-bond donors (Lipinski definition) is 2. The lowest BCUT2D eigenvalue weighted by Crippen LogP contribution is -2.49. The maximum atomic E-state index is 9.88. The first kappa shape index (κ1) is 11.9. The minimum absolute atomic E-state index is 0.193. The SMILES string of the molecule is CC(NC1(C)CCC1)c1ccc(Br)cc1O. The molecule has 1 saturated carbocycles. The summed E-state index contributed by atoms with van der Waals surface area (Å²) < 4.78 is 0.913. The van der Waals surface area contributed by atoms with Crippen molar-refractivity contribution in [2.24, 2.45) is 0 Å². The molecule has 0 spiro atoms. The molecule has 2 nitrogen and oxygen atoms in total. The molecule has 2 rings (SSSR count). The third-order valence-electron chi connectivity index (χ3n) is 3.48. The van der Waals surface area contributed by atoms with Gasteiger partial charge in [-0.3, -0.25) is 0 Å². The van der Waals surface area contributed by atoms with Crippen LogP contribution in [0.3, 0.4) is 0 Å². The summed E-state index contributed by atoms with van der Waals surface area (Å²) in [6.45, 7) is 4.36. The second kappa shape index (κ2) is 4.38. The summed E-state index contributed by atoms with van der Waals surface area (Å²) in [6, 6.07) is 5.88. The Morgan fingerprint density at radius 3 is 2.62 bits per heavy atom. The molecule has 1 fully saturated rings. The van der Waals surface area contributed by atoms with Gasteiger partial charge in [0.05, 0.1) is 0 Å². The first-order chi connectivity index (χ1) is 7.50. The molecule has 1 aromatic carbocycles. The number of phenols is 1. The summed E-state index contributed by atoms with van der Waals surface area (Å²) in [5.41, 5.74) is 1.23. The Morgan fingerprint density at radius 2 is 2.12 bits per heavy atom. The van der Waals surface area contributed by atoms with Gasteiger partial charge in [0.1, 0.15) is 5.75 Å². The van der Waals surface area contributed by atoms with Crippen LogP contribution in [-0.4, -0.2) is 10.6 Å². The van der Waals surface area contributed by atoms with Gasteiger partial charge in [0.15, 0.2) is 0 Å². The van der Waals surface area contributed by atoms with Gasteiger partial charge in [-0.15, -0.1) is 0 Å². The van der Waals surface area contributed by atoms with Gasteiger partial charge in [0.25, 0.3) is 0 Å². The zero-order valence-corrected chi connectivity index (χ0v) is 11.3. The van der Waals surface area contributed by atoms with Crippen LogP contribution in [-0.2, 0) is 0 Å². The second-order valence-corrected chi connectivity index (χ2v) is 5.90. The van der Waals surface area contributed by atoms with Crippen molar-refractivity contribution in [3.05, 3.63) is 28.2 Å². The molecular weight excluding hydrogens is 266 g/mol.